The van der Waals surface area contributed by atoms with Gasteiger partial charge < -0.3 is 14.7 Å². The lowest BCUT2D eigenvalue weighted by atomic mass is 9.91. The molecular weight excluding hydrogens is 234 g/mol. The van der Waals surface area contributed by atoms with E-state index in [2.05, 4.69) is 14.7 Å². The van der Waals surface area contributed by atoms with Crippen LogP contribution in [0, 0.1) is 0 Å². The maximum Gasteiger partial charge on any atom is 0.358 e. The molecule has 0 atom stereocenters. The number of aliphatic hydroxyl groups excluding tert-OH is 1. The van der Waals surface area contributed by atoms with Crippen LogP contribution < -0.4 is 4.90 Å². The fourth-order valence-electron chi connectivity index (χ4n) is 1.99. The number of ether oxygens (including phenoxy) is 1. The minimum absolute atomic E-state index is 0.0562. The first-order chi connectivity index (χ1) is 8.76. The molecule has 18 heavy (non-hydrogen) atoms. The highest BCUT2D eigenvalue weighted by Crippen LogP contribution is 2.27. The second-order valence-corrected chi connectivity index (χ2v) is 4.26. The van der Waals surface area contributed by atoms with E-state index in [0.717, 1.165) is 12.8 Å². The van der Waals surface area contributed by atoms with Gasteiger partial charge in [-0.15, -0.1) is 0 Å². The second-order valence-electron chi connectivity index (χ2n) is 4.26. The molecule has 1 N–H and O–H groups in total. The first-order valence-corrected chi connectivity index (χ1v) is 6.04. The van der Waals surface area contributed by atoms with E-state index in [0.29, 0.717) is 18.4 Å². The Balaban J connectivity index is 2.21. The summed E-state index contributed by atoms with van der Waals surface area (Å²) in [6.45, 7) is 0.560. The molecule has 6 nitrogen and oxygen atoms in total. The van der Waals surface area contributed by atoms with Crippen molar-refractivity contribution >= 4 is 11.8 Å². The summed E-state index contributed by atoms with van der Waals surface area (Å²) in [6, 6.07) is 0.388. The molecule has 1 heterocycles. The number of hydrogen-bond donors (Lipinski definition) is 1. The minimum atomic E-state index is -0.498. The summed E-state index contributed by atoms with van der Waals surface area (Å²) >= 11 is 0. The molecule has 2 rings (SSSR count). The Kier molecular flexibility index (Phi) is 4.09. The van der Waals surface area contributed by atoms with Gasteiger partial charge in [0.25, 0.3) is 0 Å². The van der Waals surface area contributed by atoms with E-state index in [1.807, 2.05) is 4.90 Å². The average molecular weight is 251 g/mol. The van der Waals surface area contributed by atoms with E-state index in [1.165, 1.54) is 19.7 Å². The van der Waals surface area contributed by atoms with Gasteiger partial charge in [0.05, 0.1) is 26.1 Å². The Labute approximate surface area is 106 Å². The molecule has 1 aromatic heterocycles. The van der Waals surface area contributed by atoms with Gasteiger partial charge in [-0.05, 0) is 19.3 Å². The zero-order valence-electron chi connectivity index (χ0n) is 10.4. The first kappa shape index (κ1) is 12.8. The first-order valence-electron chi connectivity index (χ1n) is 6.04. The summed E-state index contributed by atoms with van der Waals surface area (Å²) in [7, 11) is 1.31. The molecule has 1 saturated carbocycles. The number of carbonyl (C=O) groups excluding carboxylic acids is 1. The third kappa shape index (κ3) is 2.59. The Bertz CT molecular complexity index is 421. The zero-order valence-corrected chi connectivity index (χ0v) is 10.4. The van der Waals surface area contributed by atoms with Gasteiger partial charge in [0.15, 0.2) is 5.69 Å². The van der Waals surface area contributed by atoms with Crippen LogP contribution in [0.5, 0.6) is 0 Å². The number of esters is 1. The highest BCUT2D eigenvalue weighted by Gasteiger charge is 2.26. The fraction of sp³-hybridized carbons (Fsp3) is 0.583. The zero-order chi connectivity index (χ0) is 13.0. The molecule has 0 aromatic carbocycles. The van der Waals surface area contributed by atoms with E-state index in [-0.39, 0.29) is 12.3 Å². The molecule has 1 aliphatic carbocycles. The number of aliphatic hydroxyl groups is 1. The highest BCUT2D eigenvalue weighted by molar-refractivity contribution is 5.87. The van der Waals surface area contributed by atoms with E-state index >= 15 is 0 Å². The Hall–Kier alpha value is -1.69. The van der Waals surface area contributed by atoms with Crippen molar-refractivity contribution < 1.29 is 14.6 Å². The van der Waals surface area contributed by atoms with Gasteiger partial charge in [0.1, 0.15) is 5.82 Å². The molecule has 0 saturated heterocycles. The van der Waals surface area contributed by atoms with Crippen molar-refractivity contribution in [1.29, 1.82) is 0 Å². The van der Waals surface area contributed by atoms with Gasteiger partial charge in [-0.1, -0.05) is 0 Å². The van der Waals surface area contributed by atoms with Crippen molar-refractivity contribution in [2.45, 2.75) is 25.3 Å². The summed E-state index contributed by atoms with van der Waals surface area (Å²) < 4.78 is 4.62. The predicted molar refractivity (Wildman–Crippen MR) is 65.4 cm³/mol. The van der Waals surface area contributed by atoms with Crippen LogP contribution in [0.2, 0.25) is 0 Å². The third-order valence-corrected chi connectivity index (χ3v) is 3.17. The molecule has 0 spiro atoms. The molecule has 6 heteroatoms. The summed E-state index contributed by atoms with van der Waals surface area (Å²) in [6.07, 6.45) is 6.36. The van der Waals surface area contributed by atoms with Crippen LogP contribution >= 0.6 is 0 Å². The lowest BCUT2D eigenvalue weighted by molar-refractivity contribution is 0.0593. The molecule has 98 valence electrons. The van der Waals surface area contributed by atoms with Crippen molar-refractivity contribution in [2.75, 3.05) is 25.2 Å². The summed E-state index contributed by atoms with van der Waals surface area (Å²) in [5, 5.41) is 9.11. The molecule has 0 unspecified atom stereocenters. The lowest BCUT2D eigenvalue weighted by Gasteiger charge is -2.37. The monoisotopic (exact) mass is 251 g/mol. The smallest absolute Gasteiger partial charge is 0.358 e. The lowest BCUT2D eigenvalue weighted by Crippen LogP contribution is -2.42. The summed E-state index contributed by atoms with van der Waals surface area (Å²) in [5.74, 6) is 0.124. The van der Waals surface area contributed by atoms with E-state index in [1.54, 1.807) is 6.20 Å². The maximum atomic E-state index is 11.4. The fourth-order valence-corrected chi connectivity index (χ4v) is 1.99. The van der Waals surface area contributed by atoms with Crippen molar-refractivity contribution in [1.82, 2.24) is 9.97 Å². The Morgan fingerprint density at radius 2 is 2.33 bits per heavy atom. The third-order valence-electron chi connectivity index (χ3n) is 3.17. The molecule has 0 amide bonds. The highest BCUT2D eigenvalue weighted by atomic mass is 16.5. The topological polar surface area (TPSA) is 75.5 Å². The number of carbonyl (C=O) groups is 1. The van der Waals surface area contributed by atoms with Crippen molar-refractivity contribution in [3.8, 4) is 0 Å². The number of nitrogens with zero attached hydrogens (tertiary/aromatic N) is 3. The molecule has 1 fully saturated rings. The van der Waals surface area contributed by atoms with Gasteiger partial charge in [-0.2, -0.15) is 0 Å². The average Bonchev–Trinajstić information content (AvgIpc) is 2.35. The van der Waals surface area contributed by atoms with Crippen LogP contribution in [0.25, 0.3) is 0 Å². The summed E-state index contributed by atoms with van der Waals surface area (Å²) in [5.41, 5.74) is 0.192. The van der Waals surface area contributed by atoms with Gasteiger partial charge in [0.2, 0.25) is 0 Å². The standard InChI is InChI=1S/C12H17N3O3/c1-18-12(17)10-7-13-8-11(14-10)15(5-6-16)9-3-2-4-9/h7-9,16H,2-6H2,1H3. The van der Waals surface area contributed by atoms with Gasteiger partial charge >= 0.3 is 5.97 Å². The van der Waals surface area contributed by atoms with Gasteiger partial charge in [0, 0.05) is 12.6 Å². The minimum Gasteiger partial charge on any atom is -0.464 e. The predicted octanol–water partition coefficient (Wildman–Crippen LogP) is 0.614. The van der Waals surface area contributed by atoms with Crippen LogP contribution in [0.15, 0.2) is 12.4 Å². The van der Waals surface area contributed by atoms with Crippen LogP contribution in [-0.2, 0) is 4.74 Å². The summed E-state index contributed by atoms with van der Waals surface area (Å²) in [4.78, 5) is 21.7. The molecular formula is C12H17N3O3. The quantitative estimate of drug-likeness (QED) is 0.773. The number of rotatable bonds is 5. The van der Waals surface area contributed by atoms with E-state index in [9.17, 15) is 4.79 Å². The van der Waals surface area contributed by atoms with Gasteiger partial charge in [-0.25, -0.2) is 9.78 Å². The molecule has 0 bridgehead atoms. The largest absolute Gasteiger partial charge is 0.464 e. The van der Waals surface area contributed by atoms with E-state index < -0.39 is 5.97 Å². The van der Waals surface area contributed by atoms with Gasteiger partial charge in [-0.3, -0.25) is 4.98 Å². The Morgan fingerprint density at radius 1 is 1.56 bits per heavy atom. The Morgan fingerprint density at radius 3 is 2.89 bits per heavy atom. The van der Waals surface area contributed by atoms with E-state index in [4.69, 9.17) is 5.11 Å². The number of aromatic nitrogens is 2. The normalized spacial score (nSPS) is 15.0. The van der Waals surface area contributed by atoms with Crippen LogP contribution in [-0.4, -0.2) is 47.3 Å². The van der Waals surface area contributed by atoms with Crippen molar-refractivity contribution in [3.63, 3.8) is 0 Å². The molecule has 0 aliphatic heterocycles. The number of hydrogen-bond acceptors (Lipinski definition) is 6. The second kappa shape index (κ2) is 5.77. The molecule has 1 aliphatic rings. The van der Waals surface area contributed by atoms with Crippen molar-refractivity contribution in [3.05, 3.63) is 18.1 Å². The number of anilines is 1. The molecule has 0 radical (unpaired) electrons. The molecule has 1 aromatic rings. The van der Waals surface area contributed by atoms with Crippen LogP contribution in [0.4, 0.5) is 5.82 Å². The SMILES string of the molecule is COC(=O)c1cncc(N(CCO)C2CCC2)n1. The van der Waals surface area contributed by atoms with Crippen LogP contribution in [0.1, 0.15) is 29.8 Å². The van der Waals surface area contributed by atoms with Crippen LogP contribution in [0.3, 0.4) is 0 Å². The number of methoxy groups -OCH3 is 1. The van der Waals surface area contributed by atoms with Crippen molar-refractivity contribution in [2.24, 2.45) is 0 Å². The maximum absolute atomic E-state index is 11.4.